The van der Waals surface area contributed by atoms with Crippen LogP contribution >= 0.6 is 71.5 Å². The molecule has 4 amide bonds. The van der Waals surface area contributed by atoms with Crippen LogP contribution < -0.4 is 0 Å². The number of imide groups is 2. The monoisotopic (exact) mass is 954 g/mol. The van der Waals surface area contributed by atoms with Gasteiger partial charge >= 0.3 is 11.9 Å². The van der Waals surface area contributed by atoms with Gasteiger partial charge in [0.15, 0.2) is 8.32 Å². The number of hydrogen-bond donors (Lipinski definition) is 0. The Morgan fingerprint density at radius 2 is 1.02 bits per heavy atom. The normalized spacial score (nSPS) is 20.2. The van der Waals surface area contributed by atoms with E-state index in [9.17, 15) is 28.8 Å². The van der Waals surface area contributed by atoms with Crippen LogP contribution in [0, 0.1) is 22.7 Å². The summed E-state index contributed by atoms with van der Waals surface area (Å²) in [6.07, 6.45) is 6.41. The Kier molecular flexibility index (Phi) is 23.7. The number of rotatable bonds is 26. The van der Waals surface area contributed by atoms with Crippen LogP contribution in [0.15, 0.2) is 0 Å². The van der Waals surface area contributed by atoms with Crippen LogP contribution in [0.1, 0.15) is 92.9 Å². The minimum atomic E-state index is -1.88. The van der Waals surface area contributed by atoms with Crippen molar-refractivity contribution in [1.82, 2.24) is 9.80 Å². The minimum absolute atomic E-state index is 0.0910. The third kappa shape index (κ3) is 16.2. The molecule has 2 aliphatic heterocycles. The average molecular weight is 955 g/mol. The molecule has 0 aromatic carbocycles. The lowest BCUT2D eigenvalue weighted by Crippen LogP contribution is -2.43. The van der Waals surface area contributed by atoms with E-state index >= 15 is 0 Å². The van der Waals surface area contributed by atoms with Gasteiger partial charge in [0.2, 0.25) is 23.6 Å². The fourth-order valence-electron chi connectivity index (χ4n) is 6.47. The van der Waals surface area contributed by atoms with Crippen LogP contribution in [0.25, 0.3) is 0 Å². The van der Waals surface area contributed by atoms with E-state index in [1.165, 1.54) is 64.0 Å². The Hall–Kier alpha value is -1.06. The zero-order chi connectivity index (χ0) is 44.6. The smallest absolute Gasteiger partial charge is 0.312 e. The molecular weight excluding hydrogens is 889 g/mol. The fourth-order valence-corrected chi connectivity index (χ4v) is 13.2. The first-order chi connectivity index (χ1) is 27.7. The molecule has 12 nitrogen and oxygen atoms in total. The number of thiocarbonyl (C=S) groups is 2. The number of amides is 4. The molecule has 336 valence electrons. The Morgan fingerprint density at radius 1 is 0.627 bits per heavy atom. The molecule has 2 fully saturated rings. The van der Waals surface area contributed by atoms with Gasteiger partial charge in [-0.1, -0.05) is 74.6 Å². The number of methoxy groups -OCH3 is 1. The summed E-state index contributed by atoms with van der Waals surface area (Å²) in [4.78, 5) is 84.0. The highest BCUT2D eigenvalue weighted by Gasteiger charge is 2.59. The van der Waals surface area contributed by atoms with E-state index in [0.29, 0.717) is 32.7 Å². The molecule has 59 heavy (non-hydrogen) atoms. The number of likely N-dealkylation sites (tertiary alicyclic amines) is 2. The van der Waals surface area contributed by atoms with Crippen LogP contribution in [-0.4, -0.2) is 129 Å². The summed E-state index contributed by atoms with van der Waals surface area (Å²) in [6, 6.07) is 0. The fraction of sp³-hybridized carbons (Fsp3) is 0.800. The summed E-state index contributed by atoms with van der Waals surface area (Å²) in [5, 5.41) is -1.68. The van der Waals surface area contributed by atoms with Gasteiger partial charge in [-0.2, -0.15) is 0 Å². The number of esters is 2. The van der Waals surface area contributed by atoms with Gasteiger partial charge in [0.05, 0.1) is 62.2 Å². The minimum Gasteiger partial charge on any atom is -0.465 e. The molecule has 0 radical (unpaired) electrons. The van der Waals surface area contributed by atoms with Gasteiger partial charge in [-0.25, -0.2) is 0 Å². The molecule has 0 saturated carbocycles. The largest absolute Gasteiger partial charge is 0.465 e. The molecule has 0 aromatic heterocycles. The maximum atomic E-state index is 13.8. The number of ether oxygens (including phenoxy) is 3. The molecule has 2 heterocycles. The second-order valence-electron chi connectivity index (χ2n) is 16.7. The third-order valence-corrected chi connectivity index (χ3v) is 17.0. The molecular formula is C40H66N2O10S6Si. The highest BCUT2D eigenvalue weighted by atomic mass is 32.2. The van der Waals surface area contributed by atoms with Crippen molar-refractivity contribution in [3.63, 3.8) is 0 Å². The molecule has 4 atom stereocenters. The summed E-state index contributed by atoms with van der Waals surface area (Å²) in [5.74, 6) is -3.00. The Morgan fingerprint density at radius 3 is 1.37 bits per heavy atom. The third-order valence-electron chi connectivity index (χ3n) is 10.1. The number of hydrogen-bond acceptors (Lipinski definition) is 16. The van der Waals surface area contributed by atoms with Gasteiger partial charge in [0.1, 0.15) is 17.6 Å². The van der Waals surface area contributed by atoms with Crippen LogP contribution in [0.4, 0.5) is 0 Å². The summed E-state index contributed by atoms with van der Waals surface area (Å²) in [6.45, 7) is 17.7. The zero-order valence-corrected chi connectivity index (χ0v) is 42.4. The first-order valence-corrected chi connectivity index (χ1v) is 28.5. The summed E-state index contributed by atoms with van der Waals surface area (Å²) in [7, 11) is -0.386. The first kappa shape index (κ1) is 54.1. The Labute approximate surface area is 381 Å². The van der Waals surface area contributed by atoms with Crippen molar-refractivity contribution in [2.24, 2.45) is 22.7 Å². The quantitative estimate of drug-likeness (QED) is 0.0271. The van der Waals surface area contributed by atoms with Crippen molar-refractivity contribution in [2.45, 2.75) is 123 Å². The van der Waals surface area contributed by atoms with E-state index in [1.54, 1.807) is 27.7 Å². The van der Waals surface area contributed by atoms with E-state index in [-0.39, 0.29) is 51.3 Å². The molecule has 0 aromatic rings. The Balaban J connectivity index is 1.95. The lowest BCUT2D eigenvalue weighted by Gasteiger charge is -2.30. The summed E-state index contributed by atoms with van der Waals surface area (Å²) < 4.78 is 23.6. The van der Waals surface area contributed by atoms with Crippen molar-refractivity contribution in [3.8, 4) is 0 Å². The molecule has 4 unspecified atom stereocenters. The first-order valence-electron chi connectivity index (χ1n) is 20.5. The van der Waals surface area contributed by atoms with E-state index < -0.39 is 65.2 Å². The van der Waals surface area contributed by atoms with Gasteiger partial charge in [0, 0.05) is 7.11 Å². The summed E-state index contributed by atoms with van der Waals surface area (Å²) >= 11 is 16.5. The van der Waals surface area contributed by atoms with Crippen molar-refractivity contribution >= 4 is 122 Å². The zero-order valence-electron chi connectivity index (χ0n) is 36.5. The van der Waals surface area contributed by atoms with Gasteiger partial charge in [-0.05, 0) is 97.4 Å². The van der Waals surface area contributed by atoms with Crippen LogP contribution in [-0.2, 0) is 47.4 Å². The molecule has 2 rings (SSSR count). The number of carbonyl (C=O) groups is 6. The predicted molar refractivity (Wildman–Crippen MR) is 252 cm³/mol. The van der Waals surface area contributed by atoms with Crippen LogP contribution in [0.3, 0.4) is 0 Å². The molecule has 0 aliphatic carbocycles. The van der Waals surface area contributed by atoms with Crippen molar-refractivity contribution in [1.29, 1.82) is 0 Å². The molecule has 0 bridgehead atoms. The topological polar surface area (TPSA) is 146 Å². The molecule has 19 heteroatoms. The van der Waals surface area contributed by atoms with E-state index in [0.717, 1.165) is 37.2 Å². The van der Waals surface area contributed by atoms with E-state index in [2.05, 4.69) is 13.8 Å². The SMILES string of the molecule is CCCCSC(=S)SC1C(=O)N(CCOC)C(=O)C1C(C)(C)C(=O)OCCCCCCOC(=O)C(C)(C)C1C(=O)N(CCO[Si](C)(C)C)C(=O)C1SC(=S)SCCCC. The lowest BCUT2D eigenvalue weighted by atomic mass is 9.77. The maximum Gasteiger partial charge on any atom is 0.312 e. The predicted octanol–water partition coefficient (Wildman–Crippen LogP) is 7.99. The second-order valence-corrected chi connectivity index (χ2v) is 28.1. The number of thioether (sulfide) groups is 4. The van der Waals surface area contributed by atoms with Crippen LogP contribution in [0.5, 0.6) is 0 Å². The molecule has 2 aliphatic rings. The lowest BCUT2D eigenvalue weighted by molar-refractivity contribution is -0.161. The van der Waals surface area contributed by atoms with Gasteiger partial charge in [0.25, 0.3) is 0 Å². The standard InChI is InChI=1S/C40H66N2O10S6Si/c1-11-13-25-55-37(53)57-29-27(31(43)41(33(29)45)19-23-49-7)39(3,4)35(47)50-21-17-15-16-18-22-51-36(48)40(5,6)28-30(58-38(54)56-26-14-12-2)34(46)42(32(28)44)20-24-52-59(8,9)10/h27-30H,11-26H2,1-10H3. The Bertz CT molecular complexity index is 1490. The van der Waals surface area contributed by atoms with Crippen molar-refractivity contribution in [2.75, 3.05) is 58.1 Å². The highest BCUT2D eigenvalue weighted by molar-refractivity contribution is 8.48. The summed E-state index contributed by atoms with van der Waals surface area (Å²) in [5.41, 5.74) is -2.59. The number of nitrogens with zero attached hydrogens (tertiary/aromatic N) is 2. The molecule has 0 N–H and O–H groups in total. The van der Waals surface area contributed by atoms with E-state index in [1.807, 2.05) is 19.6 Å². The van der Waals surface area contributed by atoms with Gasteiger partial charge in [-0.3, -0.25) is 38.6 Å². The average Bonchev–Trinajstić information content (AvgIpc) is 3.53. The highest BCUT2D eigenvalue weighted by Crippen LogP contribution is 2.45. The van der Waals surface area contributed by atoms with Gasteiger partial charge < -0.3 is 18.6 Å². The second kappa shape index (κ2) is 25.9. The van der Waals surface area contributed by atoms with E-state index in [4.69, 9.17) is 43.1 Å². The van der Waals surface area contributed by atoms with Crippen molar-refractivity contribution < 1.29 is 47.4 Å². The van der Waals surface area contributed by atoms with Crippen LogP contribution in [0.2, 0.25) is 19.6 Å². The molecule has 2 saturated heterocycles. The maximum absolute atomic E-state index is 13.8. The molecule has 0 spiro atoms. The van der Waals surface area contributed by atoms with Gasteiger partial charge in [-0.15, -0.1) is 23.5 Å². The number of carbonyl (C=O) groups excluding carboxylic acids is 6. The number of unbranched alkanes of at least 4 members (excludes halogenated alkanes) is 5. The van der Waals surface area contributed by atoms with Crippen molar-refractivity contribution in [3.05, 3.63) is 0 Å².